The summed E-state index contributed by atoms with van der Waals surface area (Å²) in [4.78, 5) is 8.99. The molecule has 2 rings (SSSR count). The summed E-state index contributed by atoms with van der Waals surface area (Å²) in [5.41, 5.74) is 3.63. The molecule has 1 aromatic heterocycles. The molecule has 0 amide bonds. The second-order valence-electron chi connectivity index (χ2n) is 4.99. The van der Waals surface area contributed by atoms with Crippen molar-refractivity contribution in [3.63, 3.8) is 0 Å². The van der Waals surface area contributed by atoms with Gasteiger partial charge in [0.15, 0.2) is 5.96 Å². The Labute approximate surface area is 155 Å². The number of benzene rings is 1. The average Bonchev–Trinajstić information content (AvgIpc) is 2.58. The number of rotatable bonds is 6. The molecule has 0 spiro atoms. The minimum atomic E-state index is 0. The van der Waals surface area contributed by atoms with Gasteiger partial charge < -0.3 is 10.6 Å². The van der Waals surface area contributed by atoms with Crippen LogP contribution >= 0.6 is 24.0 Å². The van der Waals surface area contributed by atoms with Crippen molar-refractivity contribution in [3.8, 4) is 0 Å². The van der Waals surface area contributed by atoms with Crippen LogP contribution in [0.15, 0.2) is 53.7 Å². The molecule has 0 unspecified atom stereocenters. The van der Waals surface area contributed by atoms with E-state index >= 15 is 0 Å². The van der Waals surface area contributed by atoms with Gasteiger partial charge in [-0.15, -0.1) is 24.0 Å². The Morgan fingerprint density at radius 1 is 1.00 bits per heavy atom. The smallest absolute Gasteiger partial charge is 0.191 e. The predicted molar refractivity (Wildman–Crippen MR) is 107 cm³/mol. The van der Waals surface area contributed by atoms with Crippen LogP contribution < -0.4 is 10.6 Å². The van der Waals surface area contributed by atoms with E-state index in [0.29, 0.717) is 13.1 Å². The van der Waals surface area contributed by atoms with E-state index in [1.165, 1.54) is 11.1 Å². The number of aliphatic imine (C=N–C) groups is 1. The van der Waals surface area contributed by atoms with Crippen molar-refractivity contribution in [2.75, 3.05) is 6.54 Å². The van der Waals surface area contributed by atoms with E-state index in [9.17, 15) is 0 Å². The standard InChI is InChI=1S/C18H24N4.HI/c1-3-15-9-5-6-10-16(15)13-21-18(19-4-2)22-14-17-11-7-8-12-20-17;/h5-12H,3-4,13-14H2,1-2H3,(H2,19,21,22);1H. The van der Waals surface area contributed by atoms with Crippen LogP contribution in [0.25, 0.3) is 0 Å². The first-order chi connectivity index (χ1) is 10.8. The number of pyridine rings is 1. The number of nitrogens with zero attached hydrogens (tertiary/aromatic N) is 2. The highest BCUT2D eigenvalue weighted by Gasteiger charge is 2.01. The number of nitrogens with one attached hydrogen (secondary N) is 2. The molecule has 0 fully saturated rings. The fraction of sp³-hybridized carbons (Fsp3) is 0.333. The molecular weight excluding hydrogens is 399 g/mol. The van der Waals surface area contributed by atoms with Gasteiger partial charge in [0.2, 0.25) is 0 Å². The minimum Gasteiger partial charge on any atom is -0.357 e. The monoisotopic (exact) mass is 424 g/mol. The van der Waals surface area contributed by atoms with E-state index in [1.54, 1.807) is 6.20 Å². The summed E-state index contributed by atoms with van der Waals surface area (Å²) in [5, 5.41) is 6.59. The molecule has 1 aromatic carbocycles. The van der Waals surface area contributed by atoms with Crippen LogP contribution in [0.1, 0.15) is 30.7 Å². The molecule has 0 aliphatic carbocycles. The third-order valence-corrected chi connectivity index (χ3v) is 3.41. The zero-order chi connectivity index (χ0) is 15.6. The van der Waals surface area contributed by atoms with Gasteiger partial charge in [0.25, 0.3) is 0 Å². The molecule has 1 heterocycles. The second kappa shape index (κ2) is 11.0. The molecule has 23 heavy (non-hydrogen) atoms. The van der Waals surface area contributed by atoms with Crippen LogP contribution in [-0.2, 0) is 19.5 Å². The SMILES string of the molecule is CCNC(=NCc1ccccc1CC)NCc1ccccn1.I. The second-order valence-corrected chi connectivity index (χ2v) is 4.99. The lowest BCUT2D eigenvalue weighted by atomic mass is 10.1. The molecule has 0 bridgehead atoms. The molecule has 5 heteroatoms. The zero-order valence-electron chi connectivity index (χ0n) is 13.7. The third kappa shape index (κ3) is 6.56. The number of hydrogen-bond acceptors (Lipinski definition) is 2. The Kier molecular flexibility index (Phi) is 9.28. The van der Waals surface area contributed by atoms with Gasteiger partial charge in [-0.1, -0.05) is 37.3 Å². The van der Waals surface area contributed by atoms with Crippen molar-refractivity contribution in [3.05, 3.63) is 65.5 Å². The molecule has 0 saturated heterocycles. The van der Waals surface area contributed by atoms with Crippen LogP contribution in [0.4, 0.5) is 0 Å². The average molecular weight is 424 g/mol. The number of aromatic nitrogens is 1. The lowest BCUT2D eigenvalue weighted by Gasteiger charge is -2.12. The molecule has 4 nitrogen and oxygen atoms in total. The lowest BCUT2D eigenvalue weighted by molar-refractivity contribution is 0.798. The van der Waals surface area contributed by atoms with E-state index in [-0.39, 0.29) is 24.0 Å². The topological polar surface area (TPSA) is 49.3 Å². The highest BCUT2D eigenvalue weighted by molar-refractivity contribution is 14.0. The maximum absolute atomic E-state index is 4.67. The third-order valence-electron chi connectivity index (χ3n) is 3.41. The summed E-state index contributed by atoms with van der Waals surface area (Å²) in [6, 6.07) is 14.4. The first-order valence-corrected chi connectivity index (χ1v) is 7.82. The van der Waals surface area contributed by atoms with Gasteiger partial charge in [0, 0.05) is 12.7 Å². The van der Waals surface area contributed by atoms with Crippen LogP contribution in [-0.4, -0.2) is 17.5 Å². The molecule has 124 valence electrons. The maximum Gasteiger partial charge on any atom is 0.191 e. The summed E-state index contributed by atoms with van der Waals surface area (Å²) in [6.45, 7) is 6.43. The van der Waals surface area contributed by atoms with Gasteiger partial charge in [-0.25, -0.2) is 4.99 Å². The normalized spacial score (nSPS) is 10.8. The van der Waals surface area contributed by atoms with E-state index in [4.69, 9.17) is 0 Å². The maximum atomic E-state index is 4.67. The van der Waals surface area contributed by atoms with E-state index in [2.05, 4.69) is 58.7 Å². The van der Waals surface area contributed by atoms with Gasteiger partial charge in [-0.3, -0.25) is 4.98 Å². The van der Waals surface area contributed by atoms with Crippen molar-refractivity contribution in [2.24, 2.45) is 4.99 Å². The number of halogens is 1. The van der Waals surface area contributed by atoms with Crippen LogP contribution in [0, 0.1) is 0 Å². The Hall–Kier alpha value is -1.63. The largest absolute Gasteiger partial charge is 0.357 e. The van der Waals surface area contributed by atoms with Gasteiger partial charge in [-0.05, 0) is 36.6 Å². The highest BCUT2D eigenvalue weighted by atomic mass is 127. The summed E-state index contributed by atoms with van der Waals surface area (Å²) >= 11 is 0. The quantitative estimate of drug-likeness (QED) is 0.424. The molecule has 2 N–H and O–H groups in total. The number of aryl methyl sites for hydroxylation is 1. The van der Waals surface area contributed by atoms with Crippen LogP contribution in [0.2, 0.25) is 0 Å². The van der Waals surface area contributed by atoms with E-state index < -0.39 is 0 Å². The van der Waals surface area contributed by atoms with Crippen LogP contribution in [0.5, 0.6) is 0 Å². The first kappa shape index (κ1) is 19.4. The molecule has 0 radical (unpaired) electrons. The Balaban J connectivity index is 0.00000264. The van der Waals surface area contributed by atoms with Crippen molar-refractivity contribution in [2.45, 2.75) is 33.4 Å². The fourth-order valence-electron chi connectivity index (χ4n) is 2.24. The lowest BCUT2D eigenvalue weighted by Crippen LogP contribution is -2.37. The van der Waals surface area contributed by atoms with Crippen LogP contribution in [0.3, 0.4) is 0 Å². The van der Waals surface area contributed by atoms with Gasteiger partial charge in [-0.2, -0.15) is 0 Å². The van der Waals surface area contributed by atoms with E-state index in [1.807, 2.05) is 18.2 Å². The Morgan fingerprint density at radius 3 is 2.39 bits per heavy atom. The predicted octanol–water partition coefficient (Wildman–Crippen LogP) is 3.52. The summed E-state index contributed by atoms with van der Waals surface area (Å²) in [6.07, 6.45) is 2.84. The van der Waals surface area contributed by atoms with Crippen molar-refractivity contribution in [1.29, 1.82) is 0 Å². The zero-order valence-corrected chi connectivity index (χ0v) is 16.1. The molecular formula is C18H25IN4. The Morgan fingerprint density at radius 2 is 1.74 bits per heavy atom. The first-order valence-electron chi connectivity index (χ1n) is 7.82. The van der Waals surface area contributed by atoms with Gasteiger partial charge >= 0.3 is 0 Å². The molecule has 0 saturated carbocycles. The summed E-state index contributed by atoms with van der Waals surface area (Å²) < 4.78 is 0. The molecule has 0 atom stereocenters. The Bertz CT molecular complexity index is 599. The highest BCUT2D eigenvalue weighted by Crippen LogP contribution is 2.10. The van der Waals surface area contributed by atoms with Gasteiger partial charge in [0.1, 0.15) is 0 Å². The number of hydrogen-bond donors (Lipinski definition) is 2. The van der Waals surface area contributed by atoms with Gasteiger partial charge in [0.05, 0.1) is 18.8 Å². The van der Waals surface area contributed by atoms with Crippen molar-refractivity contribution < 1.29 is 0 Å². The minimum absolute atomic E-state index is 0. The fourth-order valence-corrected chi connectivity index (χ4v) is 2.24. The summed E-state index contributed by atoms with van der Waals surface area (Å²) in [5.74, 6) is 0.819. The van der Waals surface area contributed by atoms with Crippen molar-refractivity contribution in [1.82, 2.24) is 15.6 Å². The molecule has 0 aliphatic rings. The summed E-state index contributed by atoms with van der Waals surface area (Å²) in [7, 11) is 0. The molecule has 0 aliphatic heterocycles. The molecule has 2 aromatic rings. The number of guanidine groups is 1. The van der Waals surface area contributed by atoms with Crippen molar-refractivity contribution >= 4 is 29.9 Å². The van der Waals surface area contributed by atoms with E-state index in [0.717, 1.165) is 24.6 Å².